The minimum Gasteiger partial charge on any atom is -0.323 e. The van der Waals surface area contributed by atoms with Gasteiger partial charge in [0.1, 0.15) is 0 Å². The number of hydrogen-bond donors (Lipinski definition) is 3. The second-order valence-corrected chi connectivity index (χ2v) is 7.29. The van der Waals surface area contributed by atoms with E-state index in [1.807, 2.05) is 60.9 Å². The maximum atomic E-state index is 5.24. The predicted molar refractivity (Wildman–Crippen MR) is 125 cm³/mol. The molecule has 0 bridgehead atoms. The SMILES string of the molecule is NN=Cc1ccc(CN(CCNCc2ccccn2)CCNCc2ccccn2)cc1. The van der Waals surface area contributed by atoms with Crippen LogP contribution in [0.4, 0.5) is 0 Å². The van der Waals surface area contributed by atoms with E-state index in [0.717, 1.165) is 62.8 Å². The smallest absolute Gasteiger partial charge is 0.0541 e. The first-order chi connectivity index (χ1) is 15.3. The van der Waals surface area contributed by atoms with Crippen LogP contribution in [0, 0.1) is 0 Å². The van der Waals surface area contributed by atoms with Crippen LogP contribution in [0.25, 0.3) is 0 Å². The summed E-state index contributed by atoms with van der Waals surface area (Å²) in [7, 11) is 0. The number of hydrazone groups is 1. The van der Waals surface area contributed by atoms with E-state index in [2.05, 4.69) is 42.7 Å². The molecule has 0 aliphatic carbocycles. The van der Waals surface area contributed by atoms with E-state index >= 15 is 0 Å². The third-order valence-corrected chi connectivity index (χ3v) is 4.88. The van der Waals surface area contributed by atoms with Crippen LogP contribution in [0.3, 0.4) is 0 Å². The number of hydrogen-bond acceptors (Lipinski definition) is 7. The number of pyridine rings is 2. The van der Waals surface area contributed by atoms with Gasteiger partial charge in [-0.15, -0.1) is 0 Å². The molecule has 31 heavy (non-hydrogen) atoms. The van der Waals surface area contributed by atoms with Gasteiger partial charge in [0, 0.05) is 58.2 Å². The Morgan fingerprint density at radius 1 is 0.806 bits per heavy atom. The fourth-order valence-corrected chi connectivity index (χ4v) is 3.24. The molecule has 162 valence electrons. The van der Waals surface area contributed by atoms with Crippen molar-refractivity contribution < 1.29 is 0 Å². The summed E-state index contributed by atoms with van der Waals surface area (Å²) in [6.07, 6.45) is 5.32. The summed E-state index contributed by atoms with van der Waals surface area (Å²) >= 11 is 0. The Kier molecular flexibility index (Phi) is 9.62. The number of nitrogens with zero attached hydrogens (tertiary/aromatic N) is 4. The molecule has 3 rings (SSSR count). The molecule has 0 saturated heterocycles. The summed E-state index contributed by atoms with van der Waals surface area (Å²) in [4.78, 5) is 11.2. The second-order valence-electron chi connectivity index (χ2n) is 7.29. The molecule has 3 aromatic rings. The summed E-state index contributed by atoms with van der Waals surface area (Å²) in [5, 5.41) is 10.6. The van der Waals surface area contributed by atoms with Crippen molar-refractivity contribution >= 4 is 6.21 Å². The molecule has 0 spiro atoms. The molecule has 0 aliphatic rings. The molecular weight excluding hydrogens is 386 g/mol. The Balaban J connectivity index is 1.48. The van der Waals surface area contributed by atoms with E-state index in [-0.39, 0.29) is 0 Å². The van der Waals surface area contributed by atoms with Gasteiger partial charge in [-0.1, -0.05) is 36.4 Å². The molecule has 2 aromatic heterocycles. The van der Waals surface area contributed by atoms with Crippen LogP contribution in [-0.4, -0.2) is 47.3 Å². The lowest BCUT2D eigenvalue weighted by Crippen LogP contribution is -2.36. The number of rotatable bonds is 13. The summed E-state index contributed by atoms with van der Waals surface area (Å²) < 4.78 is 0. The lowest BCUT2D eigenvalue weighted by atomic mass is 10.1. The van der Waals surface area contributed by atoms with Gasteiger partial charge in [0.2, 0.25) is 0 Å². The highest BCUT2D eigenvalue weighted by molar-refractivity contribution is 5.79. The molecule has 0 saturated carbocycles. The lowest BCUT2D eigenvalue weighted by Gasteiger charge is -2.23. The molecule has 0 unspecified atom stereocenters. The fraction of sp³-hybridized carbons (Fsp3) is 0.292. The topological polar surface area (TPSA) is 91.5 Å². The summed E-state index contributed by atoms with van der Waals surface area (Å²) in [5.41, 5.74) is 4.39. The van der Waals surface area contributed by atoms with Crippen LogP contribution in [-0.2, 0) is 19.6 Å². The summed E-state index contributed by atoms with van der Waals surface area (Å²) in [6.45, 7) is 6.13. The third kappa shape index (κ3) is 8.64. The first-order valence-electron chi connectivity index (χ1n) is 10.6. The van der Waals surface area contributed by atoms with E-state index in [0.29, 0.717) is 0 Å². The lowest BCUT2D eigenvalue weighted by molar-refractivity contribution is 0.263. The monoisotopic (exact) mass is 417 g/mol. The van der Waals surface area contributed by atoms with Crippen molar-refractivity contribution in [2.75, 3.05) is 26.2 Å². The minimum atomic E-state index is 0.778. The molecule has 7 nitrogen and oxygen atoms in total. The molecule has 2 heterocycles. The van der Waals surface area contributed by atoms with E-state index in [9.17, 15) is 0 Å². The van der Waals surface area contributed by atoms with Crippen molar-refractivity contribution in [3.05, 3.63) is 95.6 Å². The first kappa shape index (κ1) is 22.6. The van der Waals surface area contributed by atoms with Crippen molar-refractivity contribution in [2.24, 2.45) is 10.9 Å². The van der Waals surface area contributed by atoms with Crippen LogP contribution in [0.15, 0.2) is 78.2 Å². The average molecular weight is 418 g/mol. The predicted octanol–water partition coefficient (Wildman–Crippen LogP) is 2.15. The van der Waals surface area contributed by atoms with Crippen LogP contribution in [0.5, 0.6) is 0 Å². The van der Waals surface area contributed by atoms with E-state index < -0.39 is 0 Å². The number of benzene rings is 1. The zero-order valence-corrected chi connectivity index (χ0v) is 17.8. The maximum Gasteiger partial charge on any atom is 0.0541 e. The van der Waals surface area contributed by atoms with Crippen molar-refractivity contribution in [3.8, 4) is 0 Å². The normalized spacial score (nSPS) is 11.4. The van der Waals surface area contributed by atoms with E-state index in [4.69, 9.17) is 5.84 Å². The van der Waals surface area contributed by atoms with Gasteiger partial charge >= 0.3 is 0 Å². The maximum absolute atomic E-state index is 5.24. The number of nitrogens with one attached hydrogen (secondary N) is 2. The first-order valence-corrected chi connectivity index (χ1v) is 10.6. The van der Waals surface area contributed by atoms with E-state index in [1.165, 1.54) is 5.56 Å². The molecular formula is C24H31N7. The Labute approximate surface area is 184 Å². The zero-order chi connectivity index (χ0) is 21.6. The largest absolute Gasteiger partial charge is 0.323 e. The van der Waals surface area contributed by atoms with Gasteiger partial charge in [0.25, 0.3) is 0 Å². The quantitative estimate of drug-likeness (QED) is 0.171. The molecule has 7 heteroatoms. The van der Waals surface area contributed by atoms with E-state index in [1.54, 1.807) is 6.21 Å². The van der Waals surface area contributed by atoms with Crippen LogP contribution in [0.2, 0.25) is 0 Å². The fourth-order valence-electron chi connectivity index (χ4n) is 3.24. The van der Waals surface area contributed by atoms with Crippen molar-refractivity contribution in [2.45, 2.75) is 19.6 Å². The van der Waals surface area contributed by atoms with Gasteiger partial charge < -0.3 is 16.5 Å². The molecule has 0 amide bonds. The Morgan fingerprint density at radius 2 is 1.39 bits per heavy atom. The highest BCUT2D eigenvalue weighted by Gasteiger charge is 2.07. The molecule has 0 aliphatic heterocycles. The molecule has 4 N–H and O–H groups in total. The van der Waals surface area contributed by atoms with Gasteiger partial charge in [0.15, 0.2) is 0 Å². The molecule has 1 aromatic carbocycles. The summed E-state index contributed by atoms with van der Waals surface area (Å²) in [5.74, 6) is 5.24. The molecule has 0 fully saturated rings. The van der Waals surface area contributed by atoms with Crippen LogP contribution >= 0.6 is 0 Å². The Bertz CT molecular complexity index is 835. The van der Waals surface area contributed by atoms with Crippen molar-refractivity contribution in [1.29, 1.82) is 0 Å². The van der Waals surface area contributed by atoms with Crippen molar-refractivity contribution in [1.82, 2.24) is 25.5 Å². The zero-order valence-electron chi connectivity index (χ0n) is 17.8. The second kappa shape index (κ2) is 13.2. The third-order valence-electron chi connectivity index (χ3n) is 4.88. The van der Waals surface area contributed by atoms with Gasteiger partial charge in [-0.25, -0.2) is 0 Å². The number of aromatic nitrogens is 2. The highest BCUT2D eigenvalue weighted by Crippen LogP contribution is 2.06. The minimum absolute atomic E-state index is 0.778. The van der Waals surface area contributed by atoms with Crippen molar-refractivity contribution in [3.63, 3.8) is 0 Å². The highest BCUT2D eigenvalue weighted by atomic mass is 15.2. The van der Waals surface area contributed by atoms with Gasteiger partial charge in [0.05, 0.1) is 17.6 Å². The number of nitrogens with two attached hydrogens (primary N) is 1. The van der Waals surface area contributed by atoms with Gasteiger partial charge in [-0.05, 0) is 35.4 Å². The van der Waals surface area contributed by atoms with Crippen LogP contribution in [0.1, 0.15) is 22.5 Å². The summed E-state index contributed by atoms with van der Waals surface area (Å²) in [6, 6.07) is 20.3. The standard InChI is InChI=1S/C24H31N7/c25-30-17-21-7-9-22(10-8-21)20-31(15-13-26-18-23-5-1-3-11-28-23)16-14-27-19-24-6-2-4-12-29-24/h1-12,17,26-27H,13-16,18-20,25H2. The van der Waals surface area contributed by atoms with Gasteiger partial charge in [-0.2, -0.15) is 5.10 Å². The van der Waals surface area contributed by atoms with Crippen LogP contribution < -0.4 is 16.5 Å². The Morgan fingerprint density at radius 3 is 1.87 bits per heavy atom. The Hall–Kier alpha value is -3.13. The molecule has 0 radical (unpaired) electrons. The molecule has 0 atom stereocenters. The van der Waals surface area contributed by atoms with Gasteiger partial charge in [-0.3, -0.25) is 14.9 Å². The average Bonchev–Trinajstić information content (AvgIpc) is 2.82.